The first kappa shape index (κ1) is 21.2. The standard InChI is InChI=1S/C24H28N2O5/c27-23(26-12-1-2-13-26)17-31-21-6-3-5-19(15-21)25-24(28)18-8-10-20(11-9-18)30-16-22-7-4-14-29-22/h3,5-6,8-11,15,22H,1-2,4,7,12-14,16-17H2,(H,25,28). The molecule has 2 aliphatic heterocycles. The Hall–Kier alpha value is -3.06. The molecule has 0 aromatic heterocycles. The number of ether oxygens (including phenoxy) is 3. The Kier molecular flexibility index (Phi) is 7.04. The van der Waals surface area contributed by atoms with Crippen molar-refractivity contribution in [3.05, 3.63) is 54.1 Å². The molecule has 2 aromatic rings. The van der Waals surface area contributed by atoms with Crippen LogP contribution in [0.5, 0.6) is 11.5 Å². The molecule has 0 saturated carbocycles. The fourth-order valence-corrected chi connectivity index (χ4v) is 3.74. The van der Waals surface area contributed by atoms with E-state index >= 15 is 0 Å². The van der Waals surface area contributed by atoms with Crippen LogP contribution < -0.4 is 14.8 Å². The van der Waals surface area contributed by atoms with E-state index in [1.807, 2.05) is 4.90 Å². The fourth-order valence-electron chi connectivity index (χ4n) is 3.74. The van der Waals surface area contributed by atoms with E-state index in [4.69, 9.17) is 14.2 Å². The van der Waals surface area contributed by atoms with Crippen LogP contribution in [-0.2, 0) is 9.53 Å². The highest BCUT2D eigenvalue weighted by Crippen LogP contribution is 2.20. The summed E-state index contributed by atoms with van der Waals surface area (Å²) in [5.74, 6) is 1.03. The van der Waals surface area contributed by atoms with Gasteiger partial charge in [0, 0.05) is 37.0 Å². The van der Waals surface area contributed by atoms with Gasteiger partial charge in [-0.15, -0.1) is 0 Å². The molecule has 2 saturated heterocycles. The topological polar surface area (TPSA) is 77.1 Å². The third kappa shape index (κ3) is 5.98. The van der Waals surface area contributed by atoms with Crippen molar-refractivity contribution in [1.82, 2.24) is 4.90 Å². The predicted octanol–water partition coefficient (Wildman–Crippen LogP) is 3.50. The van der Waals surface area contributed by atoms with Crippen LogP contribution in [0.15, 0.2) is 48.5 Å². The number of benzene rings is 2. The monoisotopic (exact) mass is 424 g/mol. The smallest absolute Gasteiger partial charge is 0.260 e. The first-order chi connectivity index (χ1) is 15.2. The normalized spacial score (nSPS) is 18.1. The largest absolute Gasteiger partial charge is 0.491 e. The number of rotatable bonds is 8. The van der Waals surface area contributed by atoms with Crippen LogP contribution in [0.1, 0.15) is 36.0 Å². The van der Waals surface area contributed by atoms with E-state index in [0.29, 0.717) is 29.4 Å². The van der Waals surface area contributed by atoms with Crippen molar-refractivity contribution in [3.63, 3.8) is 0 Å². The number of anilines is 1. The number of hydrogen-bond donors (Lipinski definition) is 1. The maximum Gasteiger partial charge on any atom is 0.260 e. The average molecular weight is 424 g/mol. The van der Waals surface area contributed by atoms with Crippen molar-refractivity contribution in [3.8, 4) is 11.5 Å². The molecule has 1 unspecified atom stereocenters. The molecule has 1 N–H and O–H groups in total. The Morgan fingerprint density at radius 3 is 2.55 bits per heavy atom. The summed E-state index contributed by atoms with van der Waals surface area (Å²) < 4.78 is 16.9. The average Bonchev–Trinajstić information content (AvgIpc) is 3.51. The summed E-state index contributed by atoms with van der Waals surface area (Å²) in [6, 6.07) is 14.1. The van der Waals surface area contributed by atoms with Gasteiger partial charge in [0.1, 0.15) is 18.1 Å². The zero-order valence-corrected chi connectivity index (χ0v) is 17.5. The van der Waals surface area contributed by atoms with Crippen molar-refractivity contribution < 1.29 is 23.8 Å². The second-order valence-electron chi connectivity index (χ2n) is 7.83. The molecule has 2 fully saturated rings. The van der Waals surface area contributed by atoms with E-state index < -0.39 is 0 Å². The number of nitrogens with zero attached hydrogens (tertiary/aromatic N) is 1. The van der Waals surface area contributed by atoms with Crippen molar-refractivity contribution in [2.75, 3.05) is 38.2 Å². The molecule has 2 aromatic carbocycles. The maximum absolute atomic E-state index is 12.6. The number of carbonyl (C=O) groups is 2. The predicted molar refractivity (Wildman–Crippen MR) is 117 cm³/mol. The van der Waals surface area contributed by atoms with Crippen LogP contribution in [0, 0.1) is 0 Å². The van der Waals surface area contributed by atoms with Crippen LogP contribution in [0.4, 0.5) is 5.69 Å². The molecular formula is C24H28N2O5. The van der Waals surface area contributed by atoms with E-state index in [0.717, 1.165) is 45.4 Å². The highest BCUT2D eigenvalue weighted by Gasteiger charge is 2.18. The molecule has 31 heavy (non-hydrogen) atoms. The quantitative estimate of drug-likeness (QED) is 0.702. The summed E-state index contributed by atoms with van der Waals surface area (Å²) in [5, 5.41) is 2.86. The van der Waals surface area contributed by atoms with Gasteiger partial charge in [-0.2, -0.15) is 0 Å². The van der Waals surface area contributed by atoms with E-state index in [-0.39, 0.29) is 24.5 Å². The summed E-state index contributed by atoms with van der Waals surface area (Å²) in [6.45, 7) is 2.93. The van der Waals surface area contributed by atoms with Crippen molar-refractivity contribution in [2.45, 2.75) is 31.8 Å². The Morgan fingerprint density at radius 2 is 1.81 bits per heavy atom. The Morgan fingerprint density at radius 1 is 1.00 bits per heavy atom. The Bertz CT molecular complexity index is 887. The zero-order valence-electron chi connectivity index (χ0n) is 17.5. The van der Waals surface area contributed by atoms with E-state index in [1.54, 1.807) is 48.5 Å². The Labute approximate surface area is 182 Å². The molecule has 2 aliphatic rings. The molecule has 2 heterocycles. The van der Waals surface area contributed by atoms with Gasteiger partial charge in [-0.25, -0.2) is 0 Å². The van der Waals surface area contributed by atoms with E-state index in [9.17, 15) is 9.59 Å². The number of nitrogens with one attached hydrogen (secondary N) is 1. The lowest BCUT2D eigenvalue weighted by Gasteiger charge is -2.16. The third-order valence-electron chi connectivity index (χ3n) is 5.49. The summed E-state index contributed by atoms with van der Waals surface area (Å²) in [4.78, 5) is 26.5. The number of hydrogen-bond acceptors (Lipinski definition) is 5. The molecule has 1 atom stereocenters. The van der Waals surface area contributed by atoms with E-state index in [2.05, 4.69) is 5.32 Å². The van der Waals surface area contributed by atoms with Crippen LogP contribution in [0.2, 0.25) is 0 Å². The molecule has 0 spiro atoms. The molecule has 0 bridgehead atoms. The minimum absolute atomic E-state index is 0.00472. The highest BCUT2D eigenvalue weighted by molar-refractivity contribution is 6.04. The first-order valence-corrected chi connectivity index (χ1v) is 10.8. The van der Waals surface area contributed by atoms with Gasteiger partial charge in [-0.3, -0.25) is 9.59 Å². The van der Waals surface area contributed by atoms with Crippen LogP contribution in [0.3, 0.4) is 0 Å². The first-order valence-electron chi connectivity index (χ1n) is 10.8. The van der Waals surface area contributed by atoms with Gasteiger partial charge >= 0.3 is 0 Å². The molecule has 7 nitrogen and oxygen atoms in total. The molecular weight excluding hydrogens is 396 g/mol. The number of likely N-dealkylation sites (tertiary alicyclic amines) is 1. The van der Waals surface area contributed by atoms with Crippen LogP contribution in [0.25, 0.3) is 0 Å². The summed E-state index contributed by atoms with van der Waals surface area (Å²) in [7, 11) is 0. The SMILES string of the molecule is O=C(Nc1cccc(OCC(=O)N2CCCC2)c1)c1ccc(OCC2CCCO2)cc1. The summed E-state index contributed by atoms with van der Waals surface area (Å²) in [5.41, 5.74) is 1.13. The van der Waals surface area contributed by atoms with E-state index in [1.165, 1.54) is 0 Å². The van der Waals surface area contributed by atoms with Gasteiger partial charge < -0.3 is 24.4 Å². The minimum Gasteiger partial charge on any atom is -0.491 e. The summed E-state index contributed by atoms with van der Waals surface area (Å²) >= 11 is 0. The molecule has 4 rings (SSSR count). The van der Waals surface area contributed by atoms with Gasteiger partial charge in [0.2, 0.25) is 0 Å². The number of amides is 2. The second-order valence-corrected chi connectivity index (χ2v) is 7.83. The Balaban J connectivity index is 1.27. The van der Waals surface area contributed by atoms with Gasteiger partial charge in [0.05, 0.1) is 6.10 Å². The van der Waals surface area contributed by atoms with Gasteiger partial charge in [-0.05, 0) is 62.1 Å². The maximum atomic E-state index is 12.6. The third-order valence-corrected chi connectivity index (χ3v) is 5.49. The lowest BCUT2D eigenvalue weighted by molar-refractivity contribution is -0.132. The second kappa shape index (κ2) is 10.3. The van der Waals surface area contributed by atoms with Crippen LogP contribution >= 0.6 is 0 Å². The zero-order chi connectivity index (χ0) is 21.5. The van der Waals surface area contributed by atoms with Crippen molar-refractivity contribution in [2.24, 2.45) is 0 Å². The fraction of sp³-hybridized carbons (Fsp3) is 0.417. The highest BCUT2D eigenvalue weighted by atomic mass is 16.5. The molecule has 164 valence electrons. The molecule has 0 aliphatic carbocycles. The van der Waals surface area contributed by atoms with Gasteiger partial charge in [0.15, 0.2) is 6.61 Å². The minimum atomic E-state index is -0.226. The van der Waals surface area contributed by atoms with Gasteiger partial charge in [-0.1, -0.05) is 6.07 Å². The summed E-state index contributed by atoms with van der Waals surface area (Å²) in [6.07, 6.45) is 4.36. The molecule has 7 heteroatoms. The lowest BCUT2D eigenvalue weighted by atomic mass is 10.2. The molecule has 0 radical (unpaired) electrons. The van der Waals surface area contributed by atoms with Crippen LogP contribution in [-0.4, -0.2) is 55.7 Å². The van der Waals surface area contributed by atoms with Crippen molar-refractivity contribution in [1.29, 1.82) is 0 Å². The lowest BCUT2D eigenvalue weighted by Crippen LogP contribution is -2.32. The van der Waals surface area contributed by atoms with Crippen molar-refractivity contribution >= 4 is 17.5 Å². The molecule has 2 amide bonds. The van der Waals surface area contributed by atoms with Gasteiger partial charge in [0.25, 0.3) is 11.8 Å². The number of carbonyl (C=O) groups excluding carboxylic acids is 2.